The number of unbranched alkanes of at least 4 members (excludes halogenated alkanes) is 1. The summed E-state index contributed by atoms with van der Waals surface area (Å²) in [5.41, 5.74) is 6.22. The number of carbonyl (C=O) groups is 1. The molecule has 0 amide bonds. The highest BCUT2D eigenvalue weighted by atomic mass is 19.1. The molecule has 15 heavy (non-hydrogen) atoms. The van der Waals surface area contributed by atoms with Crippen molar-refractivity contribution in [2.75, 3.05) is 0 Å². The monoisotopic (exact) mass is 209 g/mol. The number of hydrogen-bond acceptors (Lipinski definition) is 2. The van der Waals surface area contributed by atoms with Gasteiger partial charge in [0.15, 0.2) is 5.78 Å². The Labute approximate surface area is 89.3 Å². The predicted molar refractivity (Wildman–Crippen MR) is 58.2 cm³/mol. The normalized spacial score (nSPS) is 12.5. The lowest BCUT2D eigenvalue weighted by molar-refractivity contribution is 0.0956. The van der Waals surface area contributed by atoms with Gasteiger partial charge < -0.3 is 5.73 Å². The van der Waals surface area contributed by atoms with Crippen LogP contribution in [0.4, 0.5) is 4.39 Å². The summed E-state index contributed by atoms with van der Waals surface area (Å²) < 4.78 is 12.6. The lowest BCUT2D eigenvalue weighted by Crippen LogP contribution is -2.30. The fourth-order valence-corrected chi connectivity index (χ4v) is 1.38. The Morgan fingerprint density at radius 1 is 1.40 bits per heavy atom. The van der Waals surface area contributed by atoms with E-state index in [9.17, 15) is 9.18 Å². The van der Waals surface area contributed by atoms with E-state index < -0.39 is 6.04 Å². The number of halogens is 1. The molecule has 0 heterocycles. The average molecular weight is 209 g/mol. The summed E-state index contributed by atoms with van der Waals surface area (Å²) in [5.74, 6) is -0.447. The van der Waals surface area contributed by atoms with Crippen molar-refractivity contribution in [1.82, 2.24) is 0 Å². The molecule has 82 valence electrons. The summed E-state index contributed by atoms with van der Waals surface area (Å²) in [6.07, 6.45) is 2.64. The van der Waals surface area contributed by atoms with Gasteiger partial charge in [0.05, 0.1) is 6.04 Å². The molecule has 0 saturated carbocycles. The first-order valence-electron chi connectivity index (χ1n) is 5.20. The van der Waals surface area contributed by atoms with E-state index in [1.807, 2.05) is 0 Å². The van der Waals surface area contributed by atoms with Crippen LogP contribution in [0.3, 0.4) is 0 Å². The SMILES string of the molecule is CCCCC(N)C(=O)c1ccc(F)cc1. The number of hydrogen-bond donors (Lipinski definition) is 1. The average Bonchev–Trinajstić information content (AvgIpc) is 2.26. The Kier molecular flexibility index (Phi) is 4.43. The number of rotatable bonds is 5. The van der Waals surface area contributed by atoms with Crippen molar-refractivity contribution in [2.45, 2.75) is 32.2 Å². The molecule has 1 atom stereocenters. The van der Waals surface area contributed by atoms with Gasteiger partial charge in [0.25, 0.3) is 0 Å². The third kappa shape index (κ3) is 3.44. The van der Waals surface area contributed by atoms with Gasteiger partial charge in [-0.2, -0.15) is 0 Å². The van der Waals surface area contributed by atoms with Gasteiger partial charge in [-0.1, -0.05) is 19.8 Å². The molecule has 1 aromatic carbocycles. The van der Waals surface area contributed by atoms with Crippen molar-refractivity contribution in [3.8, 4) is 0 Å². The van der Waals surface area contributed by atoms with Crippen LogP contribution in [0.1, 0.15) is 36.5 Å². The molecule has 2 nitrogen and oxygen atoms in total. The van der Waals surface area contributed by atoms with E-state index in [0.717, 1.165) is 12.8 Å². The van der Waals surface area contributed by atoms with Gasteiger partial charge in [-0.3, -0.25) is 4.79 Å². The number of carbonyl (C=O) groups excluding carboxylic acids is 1. The molecule has 0 saturated heterocycles. The molecule has 0 fully saturated rings. The fourth-order valence-electron chi connectivity index (χ4n) is 1.38. The molecule has 0 bridgehead atoms. The van der Waals surface area contributed by atoms with Crippen LogP contribution < -0.4 is 5.73 Å². The second kappa shape index (κ2) is 5.61. The van der Waals surface area contributed by atoms with Crippen LogP contribution in [0, 0.1) is 5.82 Å². The summed E-state index contributed by atoms with van der Waals surface area (Å²) in [6, 6.07) is 5.04. The van der Waals surface area contributed by atoms with E-state index in [4.69, 9.17) is 5.73 Å². The fraction of sp³-hybridized carbons (Fsp3) is 0.417. The topological polar surface area (TPSA) is 43.1 Å². The van der Waals surface area contributed by atoms with E-state index >= 15 is 0 Å². The van der Waals surface area contributed by atoms with Crippen molar-refractivity contribution in [1.29, 1.82) is 0 Å². The van der Waals surface area contributed by atoms with Crippen molar-refractivity contribution in [2.24, 2.45) is 5.73 Å². The third-order valence-corrected chi connectivity index (χ3v) is 2.33. The van der Waals surface area contributed by atoms with Gasteiger partial charge in [0.2, 0.25) is 0 Å². The third-order valence-electron chi connectivity index (χ3n) is 2.33. The highest BCUT2D eigenvalue weighted by Crippen LogP contribution is 2.08. The summed E-state index contributed by atoms with van der Waals surface area (Å²) in [7, 11) is 0. The summed E-state index contributed by atoms with van der Waals surface area (Å²) in [6.45, 7) is 2.05. The maximum absolute atomic E-state index is 12.6. The Morgan fingerprint density at radius 3 is 2.53 bits per heavy atom. The molecular formula is C12H16FNO. The molecule has 2 N–H and O–H groups in total. The zero-order valence-corrected chi connectivity index (χ0v) is 8.87. The van der Waals surface area contributed by atoms with E-state index in [0.29, 0.717) is 12.0 Å². The maximum Gasteiger partial charge on any atom is 0.179 e. The number of benzene rings is 1. The summed E-state index contributed by atoms with van der Waals surface area (Å²) in [4.78, 5) is 11.7. The first-order valence-corrected chi connectivity index (χ1v) is 5.20. The van der Waals surface area contributed by atoms with Gasteiger partial charge in [-0.25, -0.2) is 4.39 Å². The molecule has 1 rings (SSSR count). The van der Waals surface area contributed by atoms with Crippen LogP contribution in [0.2, 0.25) is 0 Å². The van der Waals surface area contributed by atoms with Crippen LogP contribution in [-0.4, -0.2) is 11.8 Å². The minimum Gasteiger partial charge on any atom is -0.321 e. The molecular weight excluding hydrogens is 193 g/mol. The van der Waals surface area contributed by atoms with E-state index in [1.165, 1.54) is 24.3 Å². The highest BCUT2D eigenvalue weighted by Gasteiger charge is 2.14. The predicted octanol–water partition coefficient (Wildman–Crippen LogP) is 2.53. The Morgan fingerprint density at radius 2 is 2.00 bits per heavy atom. The zero-order valence-electron chi connectivity index (χ0n) is 8.87. The minimum atomic E-state index is -0.463. The second-order valence-electron chi connectivity index (χ2n) is 3.62. The lowest BCUT2D eigenvalue weighted by atomic mass is 10.0. The smallest absolute Gasteiger partial charge is 0.179 e. The van der Waals surface area contributed by atoms with Crippen LogP contribution in [-0.2, 0) is 0 Å². The van der Waals surface area contributed by atoms with Crippen molar-refractivity contribution < 1.29 is 9.18 Å². The largest absolute Gasteiger partial charge is 0.321 e. The van der Waals surface area contributed by atoms with Gasteiger partial charge in [-0.05, 0) is 30.7 Å². The molecule has 1 aromatic rings. The Bertz CT molecular complexity index is 321. The molecule has 0 aliphatic heterocycles. The molecule has 0 spiro atoms. The van der Waals surface area contributed by atoms with Crippen molar-refractivity contribution in [3.63, 3.8) is 0 Å². The first-order chi connectivity index (χ1) is 7.15. The molecule has 1 unspecified atom stereocenters. The van der Waals surface area contributed by atoms with E-state index in [1.54, 1.807) is 0 Å². The molecule has 0 radical (unpaired) electrons. The molecule has 3 heteroatoms. The lowest BCUT2D eigenvalue weighted by Gasteiger charge is -2.09. The minimum absolute atomic E-state index is 0.108. The molecule has 0 aliphatic rings. The molecule has 0 aliphatic carbocycles. The van der Waals surface area contributed by atoms with Crippen LogP contribution in [0.5, 0.6) is 0 Å². The summed E-state index contributed by atoms with van der Waals surface area (Å²) >= 11 is 0. The van der Waals surface area contributed by atoms with Crippen LogP contribution in [0.25, 0.3) is 0 Å². The van der Waals surface area contributed by atoms with Crippen LogP contribution in [0.15, 0.2) is 24.3 Å². The van der Waals surface area contributed by atoms with E-state index in [-0.39, 0.29) is 11.6 Å². The van der Waals surface area contributed by atoms with Crippen molar-refractivity contribution in [3.05, 3.63) is 35.6 Å². The standard InChI is InChI=1S/C12H16FNO/c1-2-3-4-11(14)12(15)9-5-7-10(13)8-6-9/h5-8,11H,2-4,14H2,1H3. The van der Waals surface area contributed by atoms with Gasteiger partial charge >= 0.3 is 0 Å². The number of nitrogens with two attached hydrogens (primary N) is 1. The van der Waals surface area contributed by atoms with Gasteiger partial charge in [0, 0.05) is 5.56 Å². The Balaban J connectivity index is 2.63. The second-order valence-corrected chi connectivity index (χ2v) is 3.62. The molecule has 0 aromatic heterocycles. The van der Waals surface area contributed by atoms with Gasteiger partial charge in [-0.15, -0.1) is 0 Å². The van der Waals surface area contributed by atoms with Gasteiger partial charge in [0.1, 0.15) is 5.82 Å². The zero-order chi connectivity index (χ0) is 11.3. The first kappa shape index (κ1) is 11.9. The summed E-state index contributed by atoms with van der Waals surface area (Å²) in [5, 5.41) is 0. The van der Waals surface area contributed by atoms with Crippen LogP contribution >= 0.6 is 0 Å². The van der Waals surface area contributed by atoms with Crippen molar-refractivity contribution >= 4 is 5.78 Å². The van der Waals surface area contributed by atoms with E-state index in [2.05, 4.69) is 6.92 Å². The number of Topliss-reactive ketones (excluding diaryl/α,β-unsaturated/α-hetero) is 1. The highest BCUT2D eigenvalue weighted by molar-refractivity contribution is 5.99. The number of ketones is 1. The Hall–Kier alpha value is -1.22. The quantitative estimate of drug-likeness (QED) is 0.757. The maximum atomic E-state index is 12.6.